The minimum Gasteiger partial charge on any atom is -0.466 e. The Morgan fingerprint density at radius 3 is 2.34 bits per heavy atom. The van der Waals surface area contributed by atoms with Crippen LogP contribution in [0.5, 0.6) is 0 Å². The van der Waals surface area contributed by atoms with Crippen LogP contribution in [0.3, 0.4) is 0 Å². The lowest BCUT2D eigenvalue weighted by atomic mass is 9.69. The van der Waals surface area contributed by atoms with Gasteiger partial charge in [0.15, 0.2) is 0 Å². The highest BCUT2D eigenvalue weighted by molar-refractivity contribution is 6.02. The third kappa shape index (κ3) is 5.30. The SMILES string of the molecule is CCOC(=O)[C@H]1[C@H]2C(=O)N([C@@H](CO)CC(C)C)[C@H](C(=O)Nc3c(C)cccc3C)[C@H]2C=C[C@H]1CC. The summed E-state index contributed by atoms with van der Waals surface area (Å²) in [6.45, 7) is 11.6. The lowest BCUT2D eigenvalue weighted by molar-refractivity contribution is -0.156. The van der Waals surface area contributed by atoms with Crippen LogP contribution in [0.15, 0.2) is 30.4 Å². The first-order chi connectivity index (χ1) is 16.7. The number of amides is 2. The van der Waals surface area contributed by atoms with Gasteiger partial charge in [0.2, 0.25) is 11.8 Å². The normalized spacial score (nSPS) is 26.6. The van der Waals surface area contributed by atoms with Gasteiger partial charge in [-0.1, -0.05) is 51.1 Å². The summed E-state index contributed by atoms with van der Waals surface area (Å²) in [6, 6.07) is 4.46. The van der Waals surface area contributed by atoms with E-state index >= 15 is 0 Å². The van der Waals surface area contributed by atoms with E-state index in [0.717, 1.165) is 16.8 Å². The number of hydrogen-bond donors (Lipinski definition) is 2. The molecule has 6 atom stereocenters. The van der Waals surface area contributed by atoms with Gasteiger partial charge in [0, 0.05) is 11.6 Å². The molecule has 0 saturated carbocycles. The van der Waals surface area contributed by atoms with Gasteiger partial charge in [0.25, 0.3) is 0 Å². The minimum absolute atomic E-state index is 0.140. The molecular formula is C28H40N2O5. The summed E-state index contributed by atoms with van der Waals surface area (Å²) in [7, 11) is 0. The van der Waals surface area contributed by atoms with E-state index < -0.39 is 35.8 Å². The number of anilines is 1. The summed E-state index contributed by atoms with van der Waals surface area (Å²) in [5.74, 6) is -2.70. The molecule has 1 aromatic carbocycles. The van der Waals surface area contributed by atoms with E-state index in [0.29, 0.717) is 12.8 Å². The highest BCUT2D eigenvalue weighted by Crippen LogP contribution is 2.46. The van der Waals surface area contributed by atoms with Crippen LogP contribution in [0, 0.1) is 43.4 Å². The number of allylic oxidation sites excluding steroid dienone is 1. The predicted molar refractivity (Wildman–Crippen MR) is 136 cm³/mol. The van der Waals surface area contributed by atoms with Gasteiger partial charge in [-0.2, -0.15) is 0 Å². The van der Waals surface area contributed by atoms with E-state index in [1.807, 2.05) is 65.0 Å². The van der Waals surface area contributed by atoms with Crippen molar-refractivity contribution in [2.75, 3.05) is 18.5 Å². The zero-order valence-corrected chi connectivity index (χ0v) is 21.8. The molecule has 1 fully saturated rings. The summed E-state index contributed by atoms with van der Waals surface area (Å²) < 4.78 is 5.39. The second-order valence-electron chi connectivity index (χ2n) is 10.3. The molecule has 7 nitrogen and oxygen atoms in total. The topological polar surface area (TPSA) is 95.9 Å². The Morgan fingerprint density at radius 2 is 1.80 bits per heavy atom. The molecule has 1 saturated heterocycles. The molecule has 0 aromatic heterocycles. The molecule has 0 radical (unpaired) electrons. The van der Waals surface area contributed by atoms with Crippen LogP contribution < -0.4 is 5.32 Å². The van der Waals surface area contributed by atoms with Crippen molar-refractivity contribution in [2.45, 2.75) is 66.5 Å². The van der Waals surface area contributed by atoms with Gasteiger partial charge < -0.3 is 20.1 Å². The lowest BCUT2D eigenvalue weighted by Gasteiger charge is -2.34. The molecule has 7 heteroatoms. The van der Waals surface area contributed by atoms with Gasteiger partial charge in [0.1, 0.15) is 6.04 Å². The van der Waals surface area contributed by atoms with E-state index in [9.17, 15) is 19.5 Å². The molecule has 0 unspecified atom stereocenters. The highest BCUT2D eigenvalue weighted by Gasteiger charge is 2.58. The third-order valence-corrected chi connectivity index (χ3v) is 7.42. The number of fused-ring (bicyclic) bond motifs is 1. The molecule has 192 valence electrons. The van der Waals surface area contributed by atoms with Crippen molar-refractivity contribution in [3.63, 3.8) is 0 Å². The van der Waals surface area contributed by atoms with E-state index in [1.165, 1.54) is 0 Å². The van der Waals surface area contributed by atoms with E-state index in [2.05, 4.69) is 5.32 Å². The largest absolute Gasteiger partial charge is 0.466 e. The van der Waals surface area contributed by atoms with E-state index in [1.54, 1.807) is 11.8 Å². The molecule has 1 aliphatic heterocycles. The van der Waals surface area contributed by atoms with Crippen molar-refractivity contribution < 1.29 is 24.2 Å². The maximum absolute atomic E-state index is 14.0. The molecule has 1 heterocycles. The Hall–Kier alpha value is -2.67. The average Bonchev–Trinajstić information content (AvgIpc) is 3.11. The maximum atomic E-state index is 14.0. The number of aryl methyl sites for hydroxylation is 2. The number of esters is 1. The predicted octanol–water partition coefficient (Wildman–Crippen LogP) is 3.87. The van der Waals surface area contributed by atoms with Crippen molar-refractivity contribution >= 4 is 23.5 Å². The molecule has 0 bridgehead atoms. The summed E-state index contributed by atoms with van der Waals surface area (Å²) in [5.41, 5.74) is 2.59. The van der Waals surface area contributed by atoms with Crippen molar-refractivity contribution in [2.24, 2.45) is 29.6 Å². The lowest BCUT2D eigenvalue weighted by Crippen LogP contribution is -2.51. The van der Waals surface area contributed by atoms with Crippen molar-refractivity contribution in [1.29, 1.82) is 0 Å². The molecule has 2 aliphatic rings. The van der Waals surface area contributed by atoms with Gasteiger partial charge in [-0.15, -0.1) is 0 Å². The van der Waals surface area contributed by atoms with Gasteiger partial charge in [-0.3, -0.25) is 14.4 Å². The number of rotatable bonds is 9. The Kier molecular flexibility index (Phi) is 8.75. The first-order valence-corrected chi connectivity index (χ1v) is 12.8. The number of benzene rings is 1. The third-order valence-electron chi connectivity index (χ3n) is 7.42. The number of aliphatic hydroxyl groups excluding tert-OH is 1. The Labute approximate surface area is 208 Å². The second-order valence-corrected chi connectivity index (χ2v) is 10.3. The van der Waals surface area contributed by atoms with Crippen molar-refractivity contribution in [1.82, 2.24) is 4.90 Å². The zero-order chi connectivity index (χ0) is 25.9. The van der Waals surface area contributed by atoms with Gasteiger partial charge in [0.05, 0.1) is 31.1 Å². The Balaban J connectivity index is 2.08. The number of carbonyl (C=O) groups is 3. The van der Waals surface area contributed by atoms with Gasteiger partial charge in [-0.25, -0.2) is 0 Å². The summed E-state index contributed by atoms with van der Waals surface area (Å²) in [4.78, 5) is 42.5. The number of aliphatic hydroxyl groups is 1. The number of carbonyl (C=O) groups excluding carboxylic acids is 3. The molecule has 2 N–H and O–H groups in total. The average molecular weight is 485 g/mol. The summed E-state index contributed by atoms with van der Waals surface area (Å²) >= 11 is 0. The summed E-state index contributed by atoms with van der Waals surface area (Å²) in [5, 5.41) is 13.4. The van der Waals surface area contributed by atoms with Crippen molar-refractivity contribution in [3.05, 3.63) is 41.5 Å². The zero-order valence-electron chi connectivity index (χ0n) is 21.8. The number of nitrogens with zero attached hydrogens (tertiary/aromatic N) is 1. The molecule has 35 heavy (non-hydrogen) atoms. The van der Waals surface area contributed by atoms with Crippen LogP contribution in [-0.2, 0) is 19.1 Å². The molecule has 0 spiro atoms. The van der Waals surface area contributed by atoms with Crippen LogP contribution in [0.2, 0.25) is 0 Å². The smallest absolute Gasteiger partial charge is 0.310 e. The molecule has 1 aromatic rings. The van der Waals surface area contributed by atoms with E-state index in [-0.39, 0.29) is 36.9 Å². The monoisotopic (exact) mass is 484 g/mol. The number of ether oxygens (including phenoxy) is 1. The van der Waals surface area contributed by atoms with Crippen LogP contribution in [0.1, 0.15) is 51.7 Å². The fourth-order valence-electron chi connectivity index (χ4n) is 5.82. The molecule has 3 rings (SSSR count). The fraction of sp³-hybridized carbons (Fsp3) is 0.607. The van der Waals surface area contributed by atoms with E-state index in [4.69, 9.17) is 4.74 Å². The Morgan fingerprint density at radius 1 is 1.14 bits per heavy atom. The maximum Gasteiger partial charge on any atom is 0.310 e. The van der Waals surface area contributed by atoms with Crippen LogP contribution in [-0.4, -0.2) is 53.1 Å². The number of hydrogen-bond acceptors (Lipinski definition) is 5. The molecule has 2 amide bonds. The number of para-hydroxylation sites is 1. The Bertz CT molecular complexity index is 952. The minimum atomic E-state index is -0.826. The standard InChI is InChI=1S/C28H40N2O5/c1-7-19-12-13-21-23(22(19)28(34)35-8-2)27(33)30(20(15-31)14-16(3)4)25(21)26(32)29-24-17(5)10-9-11-18(24)6/h9-13,16,19-23,25,31H,7-8,14-15H2,1-6H3,(H,29,32)/t19-,20-,21+,22-,23+,25+/m1/s1. The first kappa shape index (κ1) is 26.9. The van der Waals surface area contributed by atoms with Crippen LogP contribution >= 0.6 is 0 Å². The molecule has 1 aliphatic carbocycles. The highest BCUT2D eigenvalue weighted by atomic mass is 16.5. The molecular weight excluding hydrogens is 444 g/mol. The number of likely N-dealkylation sites (tertiary alicyclic amines) is 1. The van der Waals surface area contributed by atoms with Crippen LogP contribution in [0.25, 0.3) is 0 Å². The quantitative estimate of drug-likeness (QED) is 0.410. The van der Waals surface area contributed by atoms with Crippen LogP contribution in [0.4, 0.5) is 5.69 Å². The van der Waals surface area contributed by atoms with Gasteiger partial charge in [-0.05, 0) is 56.6 Å². The van der Waals surface area contributed by atoms with Crippen molar-refractivity contribution in [3.8, 4) is 0 Å². The van der Waals surface area contributed by atoms with Gasteiger partial charge >= 0.3 is 5.97 Å². The second kappa shape index (κ2) is 11.4. The first-order valence-electron chi connectivity index (χ1n) is 12.8. The fourth-order valence-corrected chi connectivity index (χ4v) is 5.82. The summed E-state index contributed by atoms with van der Waals surface area (Å²) in [6.07, 6.45) is 5.14. The number of nitrogens with one attached hydrogen (secondary N) is 1.